The summed E-state index contributed by atoms with van der Waals surface area (Å²) in [5.41, 5.74) is 1.21. The maximum Gasteiger partial charge on any atom is 0.108 e. The van der Waals surface area contributed by atoms with E-state index in [9.17, 15) is 0 Å². The van der Waals surface area contributed by atoms with Crippen LogP contribution in [0.15, 0.2) is 24.3 Å². The average Bonchev–Trinajstić information content (AvgIpc) is 2.75. The molecule has 1 atom stereocenters. The summed E-state index contributed by atoms with van der Waals surface area (Å²) in [5.74, 6) is 0. The molecule has 0 spiro atoms. The third-order valence-electron chi connectivity index (χ3n) is 3.30. The molecule has 1 unspecified atom stereocenters. The van der Waals surface area contributed by atoms with E-state index in [1.54, 1.807) is 11.3 Å². The highest BCUT2D eigenvalue weighted by Crippen LogP contribution is 2.24. The van der Waals surface area contributed by atoms with Gasteiger partial charge in [-0.15, -0.1) is 11.3 Å². The Bertz CT molecular complexity index is 497. The van der Waals surface area contributed by atoms with E-state index in [4.69, 9.17) is 5.11 Å². The molecule has 0 saturated carbocycles. The van der Waals surface area contributed by atoms with Gasteiger partial charge in [-0.3, -0.25) is 0 Å². The third-order valence-corrected chi connectivity index (χ3v) is 4.34. The molecule has 2 N–H and O–H groups in total. The molecule has 0 aliphatic heterocycles. The molecule has 1 aromatic carbocycles. The van der Waals surface area contributed by atoms with Crippen molar-refractivity contribution in [3.63, 3.8) is 0 Å². The van der Waals surface area contributed by atoms with E-state index in [-0.39, 0.29) is 12.0 Å². The highest BCUT2D eigenvalue weighted by molar-refractivity contribution is 7.18. The number of hydrogen-bond acceptors (Lipinski definition) is 4. The first-order valence-corrected chi connectivity index (χ1v) is 7.51. The van der Waals surface area contributed by atoms with E-state index in [0.717, 1.165) is 23.5 Å². The first-order chi connectivity index (χ1) is 9.00. The van der Waals surface area contributed by atoms with Gasteiger partial charge in [0.2, 0.25) is 0 Å². The Morgan fingerprint density at radius 2 is 2.05 bits per heavy atom. The standard InChI is InChI=1S/C15H22N2OS/c1-15(2,3)13(8-9-18)16-10-14-17-11-6-4-5-7-12(11)19-14/h4-7,13,16,18H,8-10H2,1-3H3. The van der Waals surface area contributed by atoms with Crippen LogP contribution in [0.4, 0.5) is 0 Å². The lowest BCUT2D eigenvalue weighted by atomic mass is 9.85. The van der Waals surface area contributed by atoms with Crippen LogP contribution in [0.2, 0.25) is 0 Å². The van der Waals surface area contributed by atoms with E-state index in [1.807, 2.05) is 18.2 Å². The average molecular weight is 278 g/mol. The molecule has 19 heavy (non-hydrogen) atoms. The summed E-state index contributed by atoms with van der Waals surface area (Å²) < 4.78 is 1.23. The van der Waals surface area contributed by atoms with Crippen molar-refractivity contribution in [1.29, 1.82) is 0 Å². The number of rotatable bonds is 5. The van der Waals surface area contributed by atoms with Crippen LogP contribution < -0.4 is 5.32 Å². The van der Waals surface area contributed by atoms with Crippen LogP contribution in [0.25, 0.3) is 10.2 Å². The largest absolute Gasteiger partial charge is 0.396 e. The summed E-state index contributed by atoms with van der Waals surface area (Å²) >= 11 is 1.73. The number of fused-ring (bicyclic) bond motifs is 1. The van der Waals surface area contributed by atoms with Gasteiger partial charge >= 0.3 is 0 Å². The van der Waals surface area contributed by atoms with Crippen molar-refractivity contribution >= 4 is 21.6 Å². The highest BCUT2D eigenvalue weighted by atomic mass is 32.1. The summed E-state index contributed by atoms with van der Waals surface area (Å²) in [4.78, 5) is 4.62. The Kier molecular flexibility index (Phi) is 4.55. The Balaban J connectivity index is 2.04. The molecule has 104 valence electrons. The second-order valence-corrected chi connectivity index (χ2v) is 7.00. The van der Waals surface area contributed by atoms with E-state index >= 15 is 0 Å². The lowest BCUT2D eigenvalue weighted by Gasteiger charge is -2.31. The Hall–Kier alpha value is -0.970. The molecule has 0 radical (unpaired) electrons. The van der Waals surface area contributed by atoms with Gasteiger partial charge in [0.15, 0.2) is 0 Å². The fraction of sp³-hybridized carbons (Fsp3) is 0.533. The van der Waals surface area contributed by atoms with Crippen molar-refractivity contribution in [2.24, 2.45) is 5.41 Å². The van der Waals surface area contributed by atoms with Crippen LogP contribution in [-0.2, 0) is 6.54 Å². The molecule has 3 nitrogen and oxygen atoms in total. The lowest BCUT2D eigenvalue weighted by Crippen LogP contribution is -2.40. The van der Waals surface area contributed by atoms with Gasteiger partial charge in [-0.05, 0) is 24.0 Å². The second kappa shape index (κ2) is 5.99. The monoisotopic (exact) mass is 278 g/mol. The molecule has 0 amide bonds. The number of aromatic nitrogens is 1. The second-order valence-electron chi connectivity index (χ2n) is 5.89. The predicted molar refractivity (Wildman–Crippen MR) is 81.4 cm³/mol. The number of nitrogens with one attached hydrogen (secondary N) is 1. The van der Waals surface area contributed by atoms with Crippen LogP contribution in [0.1, 0.15) is 32.2 Å². The predicted octanol–water partition coefficient (Wildman–Crippen LogP) is 3.18. The van der Waals surface area contributed by atoms with Gasteiger partial charge in [-0.2, -0.15) is 0 Å². The van der Waals surface area contributed by atoms with E-state index in [2.05, 4.69) is 37.1 Å². The summed E-state index contributed by atoms with van der Waals surface area (Å²) in [6.07, 6.45) is 0.772. The fourth-order valence-corrected chi connectivity index (χ4v) is 3.09. The third kappa shape index (κ3) is 3.75. The maximum atomic E-state index is 9.16. The zero-order chi connectivity index (χ0) is 13.9. The van der Waals surface area contributed by atoms with Gasteiger partial charge in [-0.1, -0.05) is 32.9 Å². The topological polar surface area (TPSA) is 45.1 Å². The van der Waals surface area contributed by atoms with Crippen molar-refractivity contribution < 1.29 is 5.11 Å². The molecule has 0 saturated heterocycles. The minimum Gasteiger partial charge on any atom is -0.396 e. The summed E-state index contributed by atoms with van der Waals surface area (Å²) in [5, 5.41) is 13.8. The summed E-state index contributed by atoms with van der Waals surface area (Å²) in [6, 6.07) is 8.50. The molecule has 0 bridgehead atoms. The molecule has 0 aliphatic rings. The summed E-state index contributed by atoms with van der Waals surface area (Å²) in [6.45, 7) is 7.56. The van der Waals surface area contributed by atoms with Crippen LogP contribution in [0, 0.1) is 5.41 Å². The fourth-order valence-electron chi connectivity index (χ4n) is 2.18. The van der Waals surface area contributed by atoms with E-state index in [1.165, 1.54) is 4.70 Å². The van der Waals surface area contributed by atoms with Crippen LogP contribution in [-0.4, -0.2) is 22.7 Å². The normalized spacial score (nSPS) is 13.9. The van der Waals surface area contributed by atoms with Crippen molar-refractivity contribution in [1.82, 2.24) is 10.3 Å². The van der Waals surface area contributed by atoms with Crippen molar-refractivity contribution in [3.05, 3.63) is 29.3 Å². The lowest BCUT2D eigenvalue weighted by molar-refractivity contribution is 0.196. The number of nitrogens with zero attached hydrogens (tertiary/aromatic N) is 1. The molecule has 2 rings (SSSR count). The van der Waals surface area contributed by atoms with E-state index < -0.39 is 0 Å². The minimum atomic E-state index is 0.138. The first kappa shape index (κ1) is 14.4. The van der Waals surface area contributed by atoms with Gasteiger partial charge in [0.05, 0.1) is 10.2 Å². The van der Waals surface area contributed by atoms with Gasteiger partial charge in [0, 0.05) is 19.2 Å². The summed E-state index contributed by atoms with van der Waals surface area (Å²) in [7, 11) is 0. The Labute approximate surface area is 118 Å². The quantitative estimate of drug-likeness (QED) is 0.883. The Morgan fingerprint density at radius 1 is 1.32 bits per heavy atom. The smallest absolute Gasteiger partial charge is 0.108 e. The molecule has 1 heterocycles. The van der Waals surface area contributed by atoms with Gasteiger partial charge in [0.25, 0.3) is 0 Å². The molecular weight excluding hydrogens is 256 g/mol. The number of aliphatic hydroxyl groups excluding tert-OH is 1. The number of benzene rings is 1. The maximum absolute atomic E-state index is 9.16. The molecule has 2 aromatic rings. The van der Waals surface area contributed by atoms with Crippen LogP contribution in [0.3, 0.4) is 0 Å². The highest BCUT2D eigenvalue weighted by Gasteiger charge is 2.23. The zero-order valence-corrected chi connectivity index (χ0v) is 12.6. The zero-order valence-electron chi connectivity index (χ0n) is 11.8. The van der Waals surface area contributed by atoms with Crippen molar-refractivity contribution in [2.45, 2.75) is 39.8 Å². The molecule has 0 aliphatic carbocycles. The SMILES string of the molecule is CC(C)(C)C(CCO)NCc1nc2ccccc2s1. The number of thiazole rings is 1. The number of hydrogen-bond donors (Lipinski definition) is 2. The van der Waals surface area contributed by atoms with Crippen molar-refractivity contribution in [3.8, 4) is 0 Å². The molecule has 0 fully saturated rings. The number of para-hydroxylation sites is 1. The van der Waals surface area contributed by atoms with E-state index in [0.29, 0.717) is 6.04 Å². The molecular formula is C15H22N2OS. The first-order valence-electron chi connectivity index (χ1n) is 6.69. The molecule has 1 aromatic heterocycles. The van der Waals surface area contributed by atoms with Gasteiger partial charge in [-0.25, -0.2) is 4.98 Å². The Morgan fingerprint density at radius 3 is 2.68 bits per heavy atom. The molecule has 4 heteroatoms. The number of aliphatic hydroxyl groups is 1. The van der Waals surface area contributed by atoms with Crippen LogP contribution >= 0.6 is 11.3 Å². The minimum absolute atomic E-state index is 0.138. The van der Waals surface area contributed by atoms with Gasteiger partial charge < -0.3 is 10.4 Å². The van der Waals surface area contributed by atoms with Crippen LogP contribution in [0.5, 0.6) is 0 Å². The van der Waals surface area contributed by atoms with Crippen molar-refractivity contribution in [2.75, 3.05) is 6.61 Å². The van der Waals surface area contributed by atoms with Gasteiger partial charge in [0.1, 0.15) is 5.01 Å².